The quantitative estimate of drug-likeness (QED) is 0.614. The molecule has 1 unspecified atom stereocenters. The number of hydrogen-bond donors (Lipinski definition) is 1. The average Bonchev–Trinajstić information content (AvgIpc) is 3.21. The molecule has 1 fully saturated rings. The zero-order chi connectivity index (χ0) is 21.8. The van der Waals surface area contributed by atoms with Gasteiger partial charge in [0.25, 0.3) is 5.91 Å². The molecule has 1 aliphatic heterocycles. The van der Waals surface area contributed by atoms with E-state index in [1.807, 2.05) is 25.1 Å². The second-order valence-electron chi connectivity index (χ2n) is 7.94. The minimum atomic E-state index is -0.302. The van der Waals surface area contributed by atoms with Gasteiger partial charge in [-0.25, -0.2) is 8.78 Å². The monoisotopic (exact) mass is 421 g/mol. The van der Waals surface area contributed by atoms with Crippen LogP contribution in [0, 0.1) is 18.6 Å². The number of rotatable bonds is 6. The first-order chi connectivity index (χ1) is 15.0. The van der Waals surface area contributed by atoms with Crippen molar-refractivity contribution >= 4 is 5.91 Å². The largest absolute Gasteiger partial charge is 0.348 e. The van der Waals surface area contributed by atoms with Gasteiger partial charge in [0.05, 0.1) is 23.0 Å². The molecular weight excluding hydrogens is 396 g/mol. The summed E-state index contributed by atoms with van der Waals surface area (Å²) in [4.78, 5) is 19.6. The van der Waals surface area contributed by atoms with Gasteiger partial charge < -0.3 is 5.32 Å². The molecule has 160 valence electrons. The van der Waals surface area contributed by atoms with Crippen LogP contribution in [0.4, 0.5) is 8.78 Å². The van der Waals surface area contributed by atoms with Gasteiger partial charge in [0.1, 0.15) is 11.6 Å². The number of carbonyl (C=O) groups excluding carboxylic acids is 1. The van der Waals surface area contributed by atoms with Crippen molar-refractivity contribution < 1.29 is 13.6 Å². The summed E-state index contributed by atoms with van der Waals surface area (Å²) in [7, 11) is 0. The van der Waals surface area contributed by atoms with E-state index in [-0.39, 0.29) is 23.6 Å². The summed E-state index contributed by atoms with van der Waals surface area (Å²) < 4.78 is 26.6. The molecule has 4 nitrogen and oxygen atoms in total. The molecule has 3 aromatic rings. The SMILES string of the molecule is Cc1nc(C2CCCN2Cc2cccc(F)c2)ccc1C(=O)NCc1ccc(F)cc1. The van der Waals surface area contributed by atoms with E-state index in [9.17, 15) is 13.6 Å². The van der Waals surface area contributed by atoms with Crippen LogP contribution >= 0.6 is 0 Å². The first-order valence-electron chi connectivity index (χ1n) is 10.5. The molecule has 1 aromatic heterocycles. The van der Waals surface area contributed by atoms with Crippen LogP contribution in [0.5, 0.6) is 0 Å². The average molecular weight is 421 g/mol. The van der Waals surface area contributed by atoms with Gasteiger partial charge in [-0.3, -0.25) is 14.7 Å². The zero-order valence-electron chi connectivity index (χ0n) is 17.4. The number of likely N-dealkylation sites (tertiary alicyclic amines) is 1. The Bertz CT molecular complexity index is 1070. The standard InChI is InChI=1S/C25H25F2N3O/c1-17-22(25(31)28-15-18-7-9-20(26)10-8-18)11-12-23(29-17)24-6-3-13-30(24)16-19-4-2-5-21(27)14-19/h2,4-5,7-12,14,24H,3,6,13,15-16H2,1H3,(H,28,31). The Kier molecular flexibility index (Phi) is 6.37. The van der Waals surface area contributed by atoms with Crippen LogP contribution in [0.25, 0.3) is 0 Å². The molecular formula is C25H25F2N3O. The maximum Gasteiger partial charge on any atom is 0.253 e. The summed E-state index contributed by atoms with van der Waals surface area (Å²) >= 11 is 0. The molecule has 1 saturated heterocycles. The van der Waals surface area contributed by atoms with E-state index in [1.54, 1.807) is 24.3 Å². The van der Waals surface area contributed by atoms with Gasteiger partial charge in [0, 0.05) is 13.1 Å². The molecule has 0 aliphatic carbocycles. The van der Waals surface area contributed by atoms with Gasteiger partial charge in [-0.05, 0) is 73.8 Å². The van der Waals surface area contributed by atoms with E-state index < -0.39 is 0 Å². The number of aromatic nitrogens is 1. The molecule has 0 saturated carbocycles. The van der Waals surface area contributed by atoms with Crippen LogP contribution in [0.15, 0.2) is 60.7 Å². The van der Waals surface area contributed by atoms with Crippen molar-refractivity contribution in [1.29, 1.82) is 0 Å². The van der Waals surface area contributed by atoms with Crippen LogP contribution in [0.1, 0.15) is 51.8 Å². The maximum absolute atomic E-state index is 13.5. The van der Waals surface area contributed by atoms with E-state index in [0.29, 0.717) is 24.3 Å². The van der Waals surface area contributed by atoms with Crippen molar-refractivity contribution in [2.24, 2.45) is 0 Å². The third kappa shape index (κ3) is 5.14. The highest BCUT2D eigenvalue weighted by Crippen LogP contribution is 2.32. The van der Waals surface area contributed by atoms with Gasteiger partial charge >= 0.3 is 0 Å². The lowest BCUT2D eigenvalue weighted by atomic mass is 10.1. The number of halogens is 2. The fourth-order valence-electron chi connectivity index (χ4n) is 4.11. The van der Waals surface area contributed by atoms with Crippen LogP contribution in [0.2, 0.25) is 0 Å². The first kappa shape index (κ1) is 21.1. The van der Waals surface area contributed by atoms with Crippen molar-refractivity contribution in [3.05, 3.63) is 100 Å². The fourth-order valence-corrected chi connectivity index (χ4v) is 4.11. The maximum atomic E-state index is 13.5. The Morgan fingerprint density at radius 3 is 2.61 bits per heavy atom. The van der Waals surface area contributed by atoms with Gasteiger partial charge in [0.15, 0.2) is 0 Å². The number of nitrogens with zero attached hydrogens (tertiary/aromatic N) is 2. The highest BCUT2D eigenvalue weighted by molar-refractivity contribution is 5.95. The van der Waals surface area contributed by atoms with Crippen LogP contribution in [-0.4, -0.2) is 22.3 Å². The predicted octanol–water partition coefficient (Wildman–Crippen LogP) is 4.94. The summed E-state index contributed by atoms with van der Waals surface area (Å²) in [5.74, 6) is -0.730. The summed E-state index contributed by atoms with van der Waals surface area (Å²) in [5.41, 5.74) is 3.91. The lowest BCUT2D eigenvalue weighted by molar-refractivity contribution is 0.0949. The van der Waals surface area contributed by atoms with E-state index >= 15 is 0 Å². The van der Waals surface area contributed by atoms with Gasteiger partial charge in [-0.2, -0.15) is 0 Å². The van der Waals surface area contributed by atoms with Crippen molar-refractivity contribution in [3.8, 4) is 0 Å². The van der Waals surface area contributed by atoms with E-state index in [1.165, 1.54) is 18.2 Å². The van der Waals surface area contributed by atoms with E-state index in [4.69, 9.17) is 4.98 Å². The lowest BCUT2D eigenvalue weighted by Crippen LogP contribution is -2.26. The molecule has 31 heavy (non-hydrogen) atoms. The molecule has 0 spiro atoms. The molecule has 1 atom stereocenters. The smallest absolute Gasteiger partial charge is 0.253 e. The number of aryl methyl sites for hydroxylation is 1. The normalized spacial score (nSPS) is 16.4. The van der Waals surface area contributed by atoms with Crippen LogP contribution < -0.4 is 5.32 Å². The molecule has 4 rings (SSSR count). The second-order valence-corrected chi connectivity index (χ2v) is 7.94. The minimum absolute atomic E-state index is 0.151. The fraction of sp³-hybridized carbons (Fsp3) is 0.280. The van der Waals surface area contributed by atoms with Crippen molar-refractivity contribution in [3.63, 3.8) is 0 Å². The molecule has 1 N–H and O–H groups in total. The summed E-state index contributed by atoms with van der Waals surface area (Å²) in [5, 5.41) is 2.86. The lowest BCUT2D eigenvalue weighted by Gasteiger charge is -2.24. The minimum Gasteiger partial charge on any atom is -0.348 e. The Morgan fingerprint density at radius 1 is 1.06 bits per heavy atom. The number of nitrogens with one attached hydrogen (secondary N) is 1. The van der Waals surface area contributed by atoms with E-state index in [0.717, 1.165) is 36.2 Å². The summed E-state index contributed by atoms with van der Waals surface area (Å²) in [6.45, 7) is 3.76. The number of pyridine rings is 1. The Hall–Kier alpha value is -3.12. The molecule has 1 amide bonds. The molecule has 2 aromatic carbocycles. The molecule has 1 aliphatic rings. The summed E-state index contributed by atoms with van der Waals surface area (Å²) in [6.07, 6.45) is 2.04. The Labute approximate surface area is 180 Å². The third-order valence-electron chi connectivity index (χ3n) is 5.70. The topological polar surface area (TPSA) is 45.2 Å². The third-order valence-corrected chi connectivity index (χ3v) is 5.70. The number of benzene rings is 2. The second kappa shape index (κ2) is 9.35. The van der Waals surface area contributed by atoms with Gasteiger partial charge in [-0.15, -0.1) is 0 Å². The molecule has 0 bridgehead atoms. The molecule has 2 heterocycles. The van der Waals surface area contributed by atoms with Crippen molar-refractivity contribution in [1.82, 2.24) is 15.2 Å². The molecule has 0 radical (unpaired) electrons. The van der Waals surface area contributed by atoms with E-state index in [2.05, 4.69) is 10.2 Å². The van der Waals surface area contributed by atoms with Gasteiger partial charge in [0.2, 0.25) is 0 Å². The zero-order valence-corrected chi connectivity index (χ0v) is 17.4. The predicted molar refractivity (Wildman–Crippen MR) is 115 cm³/mol. The first-order valence-corrected chi connectivity index (χ1v) is 10.5. The number of hydrogen-bond acceptors (Lipinski definition) is 3. The Morgan fingerprint density at radius 2 is 1.87 bits per heavy atom. The molecule has 6 heteroatoms. The van der Waals surface area contributed by atoms with Gasteiger partial charge in [-0.1, -0.05) is 24.3 Å². The van der Waals surface area contributed by atoms with Crippen molar-refractivity contribution in [2.75, 3.05) is 6.54 Å². The highest BCUT2D eigenvalue weighted by Gasteiger charge is 2.27. The summed E-state index contributed by atoms with van der Waals surface area (Å²) in [6, 6.07) is 16.6. The highest BCUT2D eigenvalue weighted by atomic mass is 19.1. The number of amides is 1. The van der Waals surface area contributed by atoms with Crippen LogP contribution in [0.3, 0.4) is 0 Å². The van der Waals surface area contributed by atoms with Crippen LogP contribution in [-0.2, 0) is 13.1 Å². The number of carbonyl (C=O) groups is 1. The Balaban J connectivity index is 1.43. The van der Waals surface area contributed by atoms with Crippen molar-refractivity contribution in [2.45, 2.75) is 38.9 Å².